The highest BCUT2D eigenvalue weighted by Crippen LogP contribution is 2.22. The Morgan fingerprint density at radius 3 is 2.18 bits per heavy atom. The summed E-state index contributed by atoms with van der Waals surface area (Å²) in [5.74, 6) is -0.0509. The van der Waals surface area contributed by atoms with Crippen LogP contribution in [0, 0.1) is 0 Å². The Morgan fingerprint density at radius 1 is 0.970 bits per heavy atom. The molecule has 0 fully saturated rings. The lowest BCUT2D eigenvalue weighted by molar-refractivity contribution is -0.114. The van der Waals surface area contributed by atoms with Crippen LogP contribution in [-0.2, 0) is 24.8 Å². The summed E-state index contributed by atoms with van der Waals surface area (Å²) < 4.78 is 57.8. The number of aromatic nitrogens is 1. The van der Waals surface area contributed by atoms with Gasteiger partial charge in [-0.1, -0.05) is 0 Å². The van der Waals surface area contributed by atoms with Crippen molar-refractivity contribution in [2.75, 3.05) is 34.3 Å². The molecule has 2 N–H and O–H groups in total. The van der Waals surface area contributed by atoms with Gasteiger partial charge < -0.3 is 10.1 Å². The van der Waals surface area contributed by atoms with E-state index in [-0.39, 0.29) is 4.90 Å². The molecule has 2 aromatic carbocycles. The van der Waals surface area contributed by atoms with Crippen LogP contribution >= 0.6 is 0 Å². The molecule has 174 valence electrons. The van der Waals surface area contributed by atoms with Crippen molar-refractivity contribution in [3.8, 4) is 5.75 Å². The number of methoxy groups -OCH3 is 1. The monoisotopic (exact) mass is 490 g/mol. The molecular weight excluding hydrogens is 468 g/mol. The zero-order chi connectivity index (χ0) is 24.1. The average Bonchev–Trinajstić information content (AvgIpc) is 2.77. The SMILES string of the molecule is COc1ccc(N(CC(=O)Nc2ccc(S(=O)(=O)Nc3cccnc3)cc2)S(C)(=O)=O)cc1. The van der Waals surface area contributed by atoms with Gasteiger partial charge in [-0.3, -0.25) is 18.8 Å². The first kappa shape index (κ1) is 24.0. The quantitative estimate of drug-likeness (QED) is 0.470. The first-order chi connectivity index (χ1) is 15.6. The van der Waals surface area contributed by atoms with Crippen LogP contribution in [0.15, 0.2) is 78.0 Å². The van der Waals surface area contributed by atoms with E-state index in [4.69, 9.17) is 4.74 Å². The Balaban J connectivity index is 1.70. The van der Waals surface area contributed by atoms with Crippen LogP contribution in [0.25, 0.3) is 0 Å². The lowest BCUT2D eigenvalue weighted by Gasteiger charge is -2.22. The van der Waals surface area contributed by atoms with Crippen molar-refractivity contribution in [3.05, 3.63) is 73.1 Å². The minimum atomic E-state index is -3.84. The molecule has 1 heterocycles. The molecular formula is C21H22N4O6S2. The van der Waals surface area contributed by atoms with Gasteiger partial charge in [0.05, 0.1) is 35.8 Å². The summed E-state index contributed by atoms with van der Waals surface area (Å²) in [6, 6.07) is 14.9. The first-order valence-electron chi connectivity index (χ1n) is 9.53. The minimum absolute atomic E-state index is 0.0136. The molecule has 3 aromatic rings. The smallest absolute Gasteiger partial charge is 0.261 e. The van der Waals surface area contributed by atoms with Crippen molar-refractivity contribution >= 4 is 43.0 Å². The van der Waals surface area contributed by atoms with Crippen LogP contribution in [0.5, 0.6) is 5.75 Å². The number of ether oxygens (including phenoxy) is 1. The molecule has 33 heavy (non-hydrogen) atoms. The summed E-state index contributed by atoms with van der Waals surface area (Å²) >= 11 is 0. The predicted octanol–water partition coefficient (Wildman–Crippen LogP) is 2.30. The number of amides is 1. The van der Waals surface area contributed by atoms with Gasteiger partial charge in [0.2, 0.25) is 15.9 Å². The molecule has 0 radical (unpaired) electrons. The lowest BCUT2D eigenvalue weighted by Crippen LogP contribution is -2.37. The minimum Gasteiger partial charge on any atom is -0.497 e. The third kappa shape index (κ3) is 6.43. The second-order valence-corrected chi connectivity index (χ2v) is 10.5. The summed E-state index contributed by atoms with van der Waals surface area (Å²) in [5, 5.41) is 2.57. The number of rotatable bonds is 9. The van der Waals surface area contributed by atoms with Crippen LogP contribution < -0.4 is 19.1 Å². The van der Waals surface area contributed by atoms with E-state index >= 15 is 0 Å². The molecule has 1 amide bonds. The third-order valence-electron chi connectivity index (χ3n) is 4.41. The highest BCUT2D eigenvalue weighted by molar-refractivity contribution is 7.92. The molecule has 0 atom stereocenters. The Morgan fingerprint density at radius 2 is 1.64 bits per heavy atom. The van der Waals surface area contributed by atoms with Gasteiger partial charge in [-0.25, -0.2) is 16.8 Å². The number of benzene rings is 2. The number of sulfonamides is 2. The van der Waals surface area contributed by atoms with Crippen molar-refractivity contribution in [3.63, 3.8) is 0 Å². The van der Waals surface area contributed by atoms with Crippen molar-refractivity contribution in [1.29, 1.82) is 0 Å². The van der Waals surface area contributed by atoms with Gasteiger partial charge in [0.15, 0.2) is 0 Å². The molecule has 3 rings (SSSR count). The van der Waals surface area contributed by atoms with Crippen LogP contribution in [0.3, 0.4) is 0 Å². The Labute approximate surface area is 192 Å². The van der Waals surface area contributed by atoms with Crippen LogP contribution in [0.4, 0.5) is 17.1 Å². The van der Waals surface area contributed by atoms with Gasteiger partial charge in [0.25, 0.3) is 10.0 Å². The average molecular weight is 491 g/mol. The number of hydrogen-bond donors (Lipinski definition) is 2. The standard InChI is InChI=1S/C21H22N4O6S2/c1-31-19-9-7-18(8-10-19)25(32(2,27)28)15-21(26)23-16-5-11-20(12-6-16)33(29,30)24-17-4-3-13-22-14-17/h3-14,24H,15H2,1-2H3,(H,23,26). The fraction of sp³-hybridized carbons (Fsp3) is 0.143. The molecule has 0 bridgehead atoms. The van der Waals surface area contributed by atoms with E-state index in [1.807, 2.05) is 0 Å². The summed E-state index contributed by atoms with van der Waals surface area (Å²) in [5.41, 5.74) is 0.925. The van der Waals surface area contributed by atoms with Crippen molar-refractivity contribution < 1.29 is 26.4 Å². The number of nitrogens with zero attached hydrogens (tertiary/aromatic N) is 2. The van der Waals surface area contributed by atoms with Gasteiger partial charge >= 0.3 is 0 Å². The molecule has 1 aromatic heterocycles. The maximum absolute atomic E-state index is 12.5. The number of nitrogens with one attached hydrogen (secondary N) is 2. The van der Waals surface area contributed by atoms with Crippen molar-refractivity contribution in [1.82, 2.24) is 4.98 Å². The fourth-order valence-corrected chi connectivity index (χ4v) is 4.73. The summed E-state index contributed by atoms with van der Waals surface area (Å²) in [7, 11) is -6.09. The third-order valence-corrected chi connectivity index (χ3v) is 6.95. The molecule has 0 spiro atoms. The van der Waals surface area contributed by atoms with Crippen molar-refractivity contribution in [2.45, 2.75) is 4.90 Å². The molecule has 0 saturated carbocycles. The fourth-order valence-electron chi connectivity index (χ4n) is 2.83. The Kier molecular flexibility index (Phi) is 7.19. The second-order valence-electron chi connectivity index (χ2n) is 6.89. The van der Waals surface area contributed by atoms with Gasteiger partial charge in [0.1, 0.15) is 12.3 Å². The van der Waals surface area contributed by atoms with Gasteiger partial charge in [-0.15, -0.1) is 0 Å². The van der Waals surface area contributed by atoms with Gasteiger partial charge in [-0.05, 0) is 60.7 Å². The number of carbonyl (C=O) groups excluding carboxylic acids is 1. The Bertz CT molecular complexity index is 1310. The normalized spacial score (nSPS) is 11.5. The number of pyridine rings is 1. The topological polar surface area (TPSA) is 135 Å². The lowest BCUT2D eigenvalue weighted by atomic mass is 10.3. The maximum Gasteiger partial charge on any atom is 0.261 e. The van der Waals surface area contributed by atoms with Gasteiger partial charge in [-0.2, -0.15) is 0 Å². The predicted molar refractivity (Wildman–Crippen MR) is 125 cm³/mol. The molecule has 0 aliphatic carbocycles. The van der Waals surface area contributed by atoms with E-state index in [1.165, 1.54) is 55.9 Å². The summed E-state index contributed by atoms with van der Waals surface area (Å²) in [4.78, 5) is 16.3. The molecule has 10 nitrogen and oxygen atoms in total. The largest absolute Gasteiger partial charge is 0.497 e. The van der Waals surface area contributed by atoms with Crippen LogP contribution in [-0.4, -0.2) is 47.6 Å². The number of carbonyl (C=O) groups is 1. The van der Waals surface area contributed by atoms with Crippen molar-refractivity contribution in [2.24, 2.45) is 0 Å². The van der Waals surface area contributed by atoms with E-state index in [9.17, 15) is 21.6 Å². The van der Waals surface area contributed by atoms with Crippen LogP contribution in [0.2, 0.25) is 0 Å². The van der Waals surface area contributed by atoms with E-state index in [0.29, 0.717) is 22.8 Å². The number of hydrogen-bond acceptors (Lipinski definition) is 7. The zero-order valence-electron chi connectivity index (χ0n) is 17.8. The van der Waals surface area contributed by atoms with E-state index < -0.39 is 32.5 Å². The number of anilines is 3. The highest BCUT2D eigenvalue weighted by Gasteiger charge is 2.21. The maximum atomic E-state index is 12.5. The van der Waals surface area contributed by atoms with E-state index in [0.717, 1.165) is 10.6 Å². The highest BCUT2D eigenvalue weighted by atomic mass is 32.2. The van der Waals surface area contributed by atoms with E-state index in [2.05, 4.69) is 15.0 Å². The van der Waals surface area contributed by atoms with Crippen LogP contribution in [0.1, 0.15) is 0 Å². The molecule has 0 aliphatic rings. The summed E-state index contributed by atoms with van der Waals surface area (Å²) in [6.45, 7) is -0.465. The first-order valence-corrected chi connectivity index (χ1v) is 12.9. The molecule has 0 aliphatic heterocycles. The molecule has 12 heteroatoms. The molecule has 0 unspecified atom stereocenters. The summed E-state index contributed by atoms with van der Waals surface area (Å²) in [6.07, 6.45) is 3.90. The van der Waals surface area contributed by atoms with E-state index in [1.54, 1.807) is 24.3 Å². The van der Waals surface area contributed by atoms with Gasteiger partial charge in [0, 0.05) is 11.9 Å². The second kappa shape index (κ2) is 9.88. The zero-order valence-corrected chi connectivity index (χ0v) is 19.4. The Hall–Kier alpha value is -3.64. The molecule has 0 saturated heterocycles.